The molecule has 8 amide bonds. The molecule has 2 aromatic carbocycles. The van der Waals surface area contributed by atoms with Crippen molar-refractivity contribution in [3.8, 4) is 0 Å². The minimum absolute atomic E-state index is 0.0864. The first-order chi connectivity index (χ1) is 17.5. The Morgan fingerprint density at radius 2 is 0.865 bits per heavy atom. The topological polar surface area (TPSA) is 115 Å². The molecular formula is C26H20N4O6Se. The molecular weight excluding hydrogens is 543 g/mol. The Hall–Kier alpha value is -4.34. The molecule has 0 saturated carbocycles. The molecule has 0 bridgehead atoms. The summed E-state index contributed by atoms with van der Waals surface area (Å²) in [7, 11) is 5.33. The molecule has 10 nitrogen and oxygen atoms in total. The van der Waals surface area contributed by atoms with Crippen molar-refractivity contribution in [2.24, 2.45) is 0 Å². The summed E-state index contributed by atoms with van der Waals surface area (Å²) in [6, 6.07) is 9.96. The summed E-state index contributed by atoms with van der Waals surface area (Å²) in [5.41, 5.74) is 1.16. The van der Waals surface area contributed by atoms with E-state index in [4.69, 9.17) is 0 Å². The number of benzene rings is 2. The van der Waals surface area contributed by atoms with Gasteiger partial charge in [-0.1, -0.05) is 0 Å². The number of rotatable bonds is 2. The van der Waals surface area contributed by atoms with E-state index in [-0.39, 0.29) is 25.6 Å². The zero-order chi connectivity index (χ0) is 26.8. The maximum absolute atomic E-state index is 12.5. The molecule has 2 aliphatic rings. The van der Waals surface area contributed by atoms with Gasteiger partial charge in [-0.05, 0) is 0 Å². The van der Waals surface area contributed by atoms with Crippen LogP contribution in [0.4, 0.5) is 9.59 Å². The van der Waals surface area contributed by atoms with Crippen molar-refractivity contribution in [3.05, 3.63) is 58.7 Å². The molecule has 37 heavy (non-hydrogen) atoms. The molecule has 0 spiro atoms. The zero-order valence-electron chi connectivity index (χ0n) is 20.3. The van der Waals surface area contributed by atoms with Crippen LogP contribution in [0.3, 0.4) is 0 Å². The van der Waals surface area contributed by atoms with Crippen LogP contribution in [0.25, 0.3) is 31.4 Å². The number of hydrogen-bond acceptors (Lipinski definition) is 6. The molecule has 3 heterocycles. The number of hydrogen-bond donors (Lipinski definition) is 0. The molecule has 2 fully saturated rings. The summed E-state index contributed by atoms with van der Waals surface area (Å²) >= 11 is -0.109. The van der Waals surface area contributed by atoms with Gasteiger partial charge in [0.2, 0.25) is 0 Å². The second-order valence-electron chi connectivity index (χ2n) is 8.75. The van der Waals surface area contributed by atoms with Gasteiger partial charge in [0, 0.05) is 0 Å². The summed E-state index contributed by atoms with van der Waals surface area (Å²) in [6.07, 6.45) is 2.99. The van der Waals surface area contributed by atoms with Crippen LogP contribution in [-0.2, 0) is 19.2 Å². The molecule has 0 aliphatic carbocycles. The molecule has 0 atom stereocenters. The van der Waals surface area contributed by atoms with Crippen molar-refractivity contribution in [1.29, 1.82) is 0 Å². The van der Waals surface area contributed by atoms with Crippen molar-refractivity contribution in [3.63, 3.8) is 0 Å². The Labute approximate surface area is 216 Å². The van der Waals surface area contributed by atoms with Crippen molar-refractivity contribution < 1.29 is 28.8 Å². The third-order valence-corrected chi connectivity index (χ3v) is 8.77. The SMILES string of the molecule is CN1C(=O)C(=Cc2ccc3c(c2)[se]c2cc(C=C4C(=O)N(C)C(=O)N(C)C4=O)ccc23)C(=O)N(C)C1=O. The first kappa shape index (κ1) is 24.4. The van der Waals surface area contributed by atoms with Gasteiger partial charge in [0.25, 0.3) is 0 Å². The number of urea groups is 2. The standard InChI is InChI=1S/C26H20N4O6Se/c1-27-21(31)17(22(32)28(2)25(27)35)9-13-5-7-15-16-8-6-14(12-20(16)37-19(15)11-13)10-18-23(33)29(3)26(36)30(4)24(18)34/h5-12H,1-4H3. The van der Waals surface area contributed by atoms with E-state index in [2.05, 4.69) is 0 Å². The van der Waals surface area contributed by atoms with E-state index >= 15 is 0 Å². The average molecular weight is 563 g/mol. The van der Waals surface area contributed by atoms with Gasteiger partial charge in [-0.25, -0.2) is 0 Å². The number of likely N-dealkylation sites (N-methyl/N-ethyl adjacent to an activating group) is 4. The third-order valence-electron chi connectivity index (χ3n) is 6.43. The van der Waals surface area contributed by atoms with Crippen LogP contribution in [0.1, 0.15) is 11.1 Å². The number of imide groups is 4. The fourth-order valence-electron chi connectivity index (χ4n) is 4.27. The van der Waals surface area contributed by atoms with Crippen LogP contribution in [-0.4, -0.2) is 98.0 Å². The summed E-state index contributed by atoms with van der Waals surface area (Å²) < 4.78 is 2.09. The van der Waals surface area contributed by atoms with Crippen molar-refractivity contribution in [1.82, 2.24) is 19.6 Å². The molecule has 11 heteroatoms. The van der Waals surface area contributed by atoms with Crippen molar-refractivity contribution >= 4 is 81.6 Å². The van der Waals surface area contributed by atoms with Crippen LogP contribution in [0.15, 0.2) is 47.5 Å². The number of barbiturate groups is 2. The van der Waals surface area contributed by atoms with E-state index in [1.165, 1.54) is 40.3 Å². The first-order valence-electron chi connectivity index (χ1n) is 11.1. The molecule has 5 rings (SSSR count). The average Bonchev–Trinajstić information content (AvgIpc) is 3.25. The van der Waals surface area contributed by atoms with Gasteiger partial charge in [-0.2, -0.15) is 0 Å². The van der Waals surface area contributed by atoms with E-state index < -0.39 is 35.7 Å². The summed E-state index contributed by atoms with van der Waals surface area (Å²) in [5.74, 6) is -2.59. The molecule has 1 aromatic heterocycles. The van der Waals surface area contributed by atoms with Gasteiger partial charge >= 0.3 is 217 Å². The molecule has 3 aromatic rings. The van der Waals surface area contributed by atoms with Crippen molar-refractivity contribution in [2.75, 3.05) is 28.2 Å². The van der Waals surface area contributed by atoms with Crippen LogP contribution >= 0.6 is 0 Å². The Kier molecular flexibility index (Phi) is 5.69. The molecule has 2 aliphatic heterocycles. The van der Waals surface area contributed by atoms with Gasteiger partial charge in [0.1, 0.15) is 0 Å². The van der Waals surface area contributed by atoms with Crippen LogP contribution in [0, 0.1) is 0 Å². The molecule has 2 saturated heterocycles. The normalized spacial score (nSPS) is 17.2. The molecule has 0 N–H and O–H groups in total. The predicted octanol–water partition coefficient (Wildman–Crippen LogP) is 1.92. The Morgan fingerprint density at radius 3 is 1.19 bits per heavy atom. The number of amides is 8. The van der Waals surface area contributed by atoms with E-state index in [1.807, 2.05) is 36.4 Å². The summed E-state index contributed by atoms with van der Waals surface area (Å²) in [6.45, 7) is 0. The van der Waals surface area contributed by atoms with Crippen LogP contribution in [0.2, 0.25) is 0 Å². The fourth-order valence-corrected chi connectivity index (χ4v) is 6.80. The number of carbonyl (C=O) groups is 6. The van der Waals surface area contributed by atoms with Gasteiger partial charge < -0.3 is 0 Å². The van der Waals surface area contributed by atoms with E-state index in [9.17, 15) is 28.8 Å². The van der Waals surface area contributed by atoms with E-state index in [1.54, 1.807) is 0 Å². The summed E-state index contributed by atoms with van der Waals surface area (Å²) in [4.78, 5) is 77.7. The Morgan fingerprint density at radius 1 is 0.541 bits per heavy atom. The van der Waals surface area contributed by atoms with Gasteiger partial charge in [0.15, 0.2) is 0 Å². The maximum atomic E-state index is 12.5. The van der Waals surface area contributed by atoms with Gasteiger partial charge in [-0.3, -0.25) is 0 Å². The Balaban J connectivity index is 1.53. The predicted molar refractivity (Wildman–Crippen MR) is 136 cm³/mol. The fraction of sp³-hybridized carbons (Fsp3) is 0.154. The molecule has 0 unspecified atom stereocenters. The first-order valence-corrected chi connectivity index (χ1v) is 12.8. The number of carbonyl (C=O) groups excluding carboxylic acids is 6. The zero-order valence-corrected chi connectivity index (χ0v) is 22.0. The minimum atomic E-state index is -0.674. The van der Waals surface area contributed by atoms with Crippen molar-refractivity contribution in [2.45, 2.75) is 0 Å². The molecule has 0 radical (unpaired) electrons. The Bertz CT molecular complexity index is 1490. The van der Waals surface area contributed by atoms with E-state index in [0.717, 1.165) is 38.9 Å². The third kappa shape index (κ3) is 3.80. The van der Waals surface area contributed by atoms with Crippen LogP contribution in [0.5, 0.6) is 0 Å². The number of nitrogens with zero attached hydrogens (tertiary/aromatic N) is 4. The monoisotopic (exact) mass is 564 g/mol. The van der Waals surface area contributed by atoms with Crippen LogP contribution < -0.4 is 0 Å². The van der Waals surface area contributed by atoms with Gasteiger partial charge in [-0.15, -0.1) is 0 Å². The van der Waals surface area contributed by atoms with E-state index in [0.29, 0.717) is 11.1 Å². The summed E-state index contributed by atoms with van der Waals surface area (Å²) in [5, 5.41) is 2.05. The second-order valence-corrected chi connectivity index (χ2v) is 11.0. The second kappa shape index (κ2) is 8.65. The van der Waals surface area contributed by atoms with Gasteiger partial charge in [0.05, 0.1) is 0 Å². The molecule has 186 valence electrons. The number of fused-ring (bicyclic) bond motifs is 3. The quantitative estimate of drug-likeness (QED) is 0.267.